The van der Waals surface area contributed by atoms with Crippen LogP contribution in [0.15, 0.2) is 36.4 Å². The van der Waals surface area contributed by atoms with Gasteiger partial charge in [-0.15, -0.1) is 0 Å². The number of nitrogens with one attached hydrogen (secondary N) is 1. The van der Waals surface area contributed by atoms with E-state index in [9.17, 15) is 14.4 Å². The molecule has 9 heteroatoms. The molecule has 0 aliphatic carbocycles. The number of esters is 2. The Balaban J connectivity index is 1.70. The van der Waals surface area contributed by atoms with Gasteiger partial charge in [-0.3, -0.25) is 9.59 Å². The second kappa shape index (κ2) is 13.9. The standard InChI is InChI=1S/C27H31ClINO6/c1-17(31)36-25-19(13-21(15-23(25)28)27(33)34-2)7-3-4-11-24(18-8-5-10-22(29)14-18)30-26(32)20-9-6-12-35-16-20/h5,8,10,13-15,20,24H,3-4,6-7,9,11-12,16H2,1-2H3,(H,30,32). The van der Waals surface area contributed by atoms with Gasteiger partial charge in [-0.1, -0.05) is 30.2 Å². The second-order valence-corrected chi connectivity index (χ2v) is 10.5. The molecule has 0 aromatic heterocycles. The van der Waals surface area contributed by atoms with Crippen LogP contribution in [0.2, 0.25) is 5.02 Å². The molecule has 0 saturated carbocycles. The Bertz CT molecular complexity index is 1090. The summed E-state index contributed by atoms with van der Waals surface area (Å²) < 4.78 is 16.7. The van der Waals surface area contributed by atoms with Gasteiger partial charge in [0.05, 0.1) is 36.3 Å². The maximum absolute atomic E-state index is 12.9. The molecule has 0 spiro atoms. The van der Waals surface area contributed by atoms with E-state index in [2.05, 4.69) is 34.0 Å². The van der Waals surface area contributed by atoms with Crippen molar-refractivity contribution in [2.24, 2.45) is 5.92 Å². The Hall–Kier alpha value is -2.17. The minimum Gasteiger partial charge on any atom is -0.465 e. The molecule has 1 fully saturated rings. The normalized spacial score (nSPS) is 16.2. The molecule has 1 aliphatic heterocycles. The number of methoxy groups -OCH3 is 1. The Morgan fingerprint density at radius 1 is 1.22 bits per heavy atom. The molecule has 1 saturated heterocycles. The molecular weight excluding hydrogens is 597 g/mol. The van der Waals surface area contributed by atoms with E-state index in [-0.39, 0.29) is 28.6 Å². The number of benzene rings is 2. The van der Waals surface area contributed by atoms with E-state index >= 15 is 0 Å². The van der Waals surface area contributed by atoms with Crippen LogP contribution in [0.25, 0.3) is 0 Å². The van der Waals surface area contributed by atoms with Gasteiger partial charge < -0.3 is 19.5 Å². The van der Waals surface area contributed by atoms with Crippen LogP contribution in [0, 0.1) is 9.49 Å². The summed E-state index contributed by atoms with van der Waals surface area (Å²) in [7, 11) is 1.30. The number of ether oxygens (including phenoxy) is 3. The highest BCUT2D eigenvalue weighted by Crippen LogP contribution is 2.33. The van der Waals surface area contributed by atoms with E-state index in [1.807, 2.05) is 18.2 Å². The van der Waals surface area contributed by atoms with Gasteiger partial charge in [0, 0.05) is 17.1 Å². The van der Waals surface area contributed by atoms with Crippen molar-refractivity contribution in [1.82, 2.24) is 5.32 Å². The monoisotopic (exact) mass is 627 g/mol. The molecule has 1 N–H and O–H groups in total. The van der Waals surface area contributed by atoms with Crippen molar-refractivity contribution in [2.45, 2.75) is 51.5 Å². The molecule has 36 heavy (non-hydrogen) atoms. The predicted molar refractivity (Wildman–Crippen MR) is 145 cm³/mol. The number of aryl methyl sites for hydroxylation is 1. The lowest BCUT2D eigenvalue weighted by Gasteiger charge is -2.25. The molecule has 1 heterocycles. The lowest BCUT2D eigenvalue weighted by Crippen LogP contribution is -2.37. The molecule has 2 atom stereocenters. The van der Waals surface area contributed by atoms with Crippen LogP contribution in [-0.4, -0.2) is 38.2 Å². The fraction of sp³-hybridized carbons (Fsp3) is 0.444. The zero-order valence-corrected chi connectivity index (χ0v) is 23.4. The quantitative estimate of drug-likeness (QED) is 0.158. The number of unbranched alkanes of at least 4 members (excludes halogenated alkanes) is 1. The summed E-state index contributed by atoms with van der Waals surface area (Å²) in [6.45, 7) is 2.47. The highest BCUT2D eigenvalue weighted by molar-refractivity contribution is 14.1. The van der Waals surface area contributed by atoms with Gasteiger partial charge in [0.15, 0.2) is 5.75 Å². The van der Waals surface area contributed by atoms with Crippen molar-refractivity contribution >= 4 is 52.0 Å². The predicted octanol–water partition coefficient (Wildman–Crippen LogP) is 5.65. The summed E-state index contributed by atoms with van der Waals surface area (Å²) in [5.41, 5.74) is 2.02. The first-order valence-electron chi connectivity index (χ1n) is 12.0. The fourth-order valence-corrected chi connectivity index (χ4v) is 5.12. The summed E-state index contributed by atoms with van der Waals surface area (Å²) in [5.74, 6) is -0.846. The minimum atomic E-state index is -0.513. The number of carbonyl (C=O) groups excluding carboxylic acids is 3. The van der Waals surface area contributed by atoms with Crippen molar-refractivity contribution in [1.29, 1.82) is 0 Å². The first-order valence-corrected chi connectivity index (χ1v) is 13.5. The van der Waals surface area contributed by atoms with E-state index < -0.39 is 11.9 Å². The Morgan fingerprint density at radius 3 is 2.69 bits per heavy atom. The first-order chi connectivity index (χ1) is 17.3. The number of amides is 1. The number of carbonyl (C=O) groups is 3. The highest BCUT2D eigenvalue weighted by atomic mass is 127. The van der Waals surface area contributed by atoms with Gasteiger partial charge in [0.25, 0.3) is 0 Å². The molecule has 0 bridgehead atoms. The second-order valence-electron chi connectivity index (χ2n) is 8.81. The summed E-state index contributed by atoms with van der Waals surface area (Å²) in [6, 6.07) is 11.1. The molecule has 7 nitrogen and oxygen atoms in total. The molecule has 2 aromatic rings. The van der Waals surface area contributed by atoms with E-state index in [1.165, 1.54) is 20.1 Å². The topological polar surface area (TPSA) is 90.9 Å². The van der Waals surface area contributed by atoms with Gasteiger partial charge in [0.1, 0.15) is 0 Å². The maximum atomic E-state index is 12.9. The van der Waals surface area contributed by atoms with Crippen molar-refractivity contribution in [3.8, 4) is 5.75 Å². The molecule has 3 rings (SSSR count). The number of hydrogen-bond acceptors (Lipinski definition) is 6. The number of rotatable bonds is 10. The van der Waals surface area contributed by atoms with Gasteiger partial charge in [-0.2, -0.15) is 0 Å². The third kappa shape index (κ3) is 8.18. The molecule has 194 valence electrons. The van der Waals surface area contributed by atoms with E-state index in [0.29, 0.717) is 30.8 Å². The largest absolute Gasteiger partial charge is 0.465 e. The minimum absolute atomic E-state index is 0.0215. The van der Waals surface area contributed by atoms with Crippen molar-refractivity contribution < 1.29 is 28.6 Å². The number of hydrogen-bond donors (Lipinski definition) is 1. The van der Waals surface area contributed by atoms with Gasteiger partial charge in [-0.25, -0.2) is 4.79 Å². The lowest BCUT2D eigenvalue weighted by atomic mass is 9.96. The lowest BCUT2D eigenvalue weighted by molar-refractivity contribution is -0.132. The third-order valence-corrected chi connectivity index (χ3v) is 7.03. The van der Waals surface area contributed by atoms with Crippen LogP contribution in [-0.2, 0) is 25.5 Å². The van der Waals surface area contributed by atoms with E-state index in [0.717, 1.165) is 41.2 Å². The Kier molecular flexibility index (Phi) is 11.0. The van der Waals surface area contributed by atoms with Crippen LogP contribution in [0.5, 0.6) is 5.75 Å². The zero-order valence-electron chi connectivity index (χ0n) is 20.5. The molecule has 1 amide bonds. The zero-order chi connectivity index (χ0) is 26.1. The van der Waals surface area contributed by atoms with Crippen LogP contribution < -0.4 is 10.1 Å². The van der Waals surface area contributed by atoms with Gasteiger partial charge in [0.2, 0.25) is 5.91 Å². The van der Waals surface area contributed by atoms with Gasteiger partial charge in [-0.05, 0) is 90.1 Å². The highest BCUT2D eigenvalue weighted by Gasteiger charge is 2.25. The average molecular weight is 628 g/mol. The SMILES string of the molecule is COC(=O)c1cc(Cl)c(OC(C)=O)c(CCCCC(NC(=O)C2CCCOC2)c2cccc(I)c2)c1. The van der Waals surface area contributed by atoms with E-state index in [1.54, 1.807) is 6.07 Å². The fourth-order valence-electron chi connectivity index (χ4n) is 4.28. The van der Waals surface area contributed by atoms with Gasteiger partial charge >= 0.3 is 11.9 Å². The third-order valence-electron chi connectivity index (χ3n) is 6.07. The number of halogens is 2. The maximum Gasteiger partial charge on any atom is 0.337 e. The van der Waals surface area contributed by atoms with Crippen LogP contribution in [0.1, 0.15) is 66.6 Å². The molecule has 0 radical (unpaired) electrons. The molecular formula is C27H31ClINO6. The summed E-state index contributed by atoms with van der Waals surface area (Å²) in [6.07, 6.45) is 4.52. The average Bonchev–Trinajstić information content (AvgIpc) is 2.87. The van der Waals surface area contributed by atoms with Crippen LogP contribution >= 0.6 is 34.2 Å². The van der Waals surface area contributed by atoms with Crippen molar-refractivity contribution in [2.75, 3.05) is 20.3 Å². The van der Waals surface area contributed by atoms with Crippen molar-refractivity contribution in [3.05, 3.63) is 61.7 Å². The smallest absolute Gasteiger partial charge is 0.337 e. The Labute approximate surface area is 230 Å². The molecule has 2 unspecified atom stereocenters. The summed E-state index contributed by atoms with van der Waals surface area (Å²) in [4.78, 5) is 36.6. The Morgan fingerprint density at radius 2 is 2.03 bits per heavy atom. The first kappa shape index (κ1) is 28.4. The summed E-state index contributed by atoms with van der Waals surface area (Å²) in [5, 5.41) is 3.42. The van der Waals surface area contributed by atoms with E-state index in [4.69, 9.17) is 25.8 Å². The van der Waals surface area contributed by atoms with Crippen LogP contribution in [0.4, 0.5) is 0 Å². The van der Waals surface area contributed by atoms with Crippen molar-refractivity contribution in [3.63, 3.8) is 0 Å². The van der Waals surface area contributed by atoms with Crippen LogP contribution in [0.3, 0.4) is 0 Å². The molecule has 2 aromatic carbocycles. The summed E-state index contributed by atoms with van der Waals surface area (Å²) >= 11 is 8.60. The molecule has 1 aliphatic rings.